The number of carbonyl (C=O) groups excluding carboxylic acids is 2. The van der Waals surface area contributed by atoms with Crippen LogP contribution in [0.25, 0.3) is 0 Å². The van der Waals surface area contributed by atoms with Gasteiger partial charge in [0, 0.05) is 23.8 Å². The molecular weight excluding hydrogens is 357 g/mol. The van der Waals surface area contributed by atoms with Crippen LogP contribution in [0.1, 0.15) is 30.4 Å². The van der Waals surface area contributed by atoms with Gasteiger partial charge in [-0.1, -0.05) is 30.3 Å². The summed E-state index contributed by atoms with van der Waals surface area (Å²) in [5.74, 6) is -0.961. The van der Waals surface area contributed by atoms with Crippen molar-refractivity contribution < 1.29 is 14.0 Å². The molecule has 5 nitrogen and oxygen atoms in total. The predicted molar refractivity (Wildman–Crippen MR) is 103 cm³/mol. The number of nitrogens with zero attached hydrogens (tertiary/aromatic N) is 1. The molecule has 0 bridgehead atoms. The average Bonchev–Trinajstić information content (AvgIpc) is 3.36. The van der Waals surface area contributed by atoms with E-state index in [4.69, 9.17) is 0 Å². The van der Waals surface area contributed by atoms with Crippen molar-refractivity contribution in [3.05, 3.63) is 65.5 Å². The fraction of sp³-hybridized carbons (Fsp3) is 0.364. The molecule has 3 atom stereocenters. The molecule has 2 saturated heterocycles. The van der Waals surface area contributed by atoms with Crippen LogP contribution in [0, 0.1) is 11.7 Å². The Kier molecular flexibility index (Phi) is 3.98. The first kappa shape index (κ1) is 17.4. The van der Waals surface area contributed by atoms with Gasteiger partial charge in [-0.15, -0.1) is 0 Å². The Balaban J connectivity index is 1.47. The molecule has 0 aromatic heterocycles. The third-order valence-corrected chi connectivity index (χ3v) is 6.47. The Bertz CT molecular complexity index is 945. The summed E-state index contributed by atoms with van der Waals surface area (Å²) in [7, 11) is 0. The van der Waals surface area contributed by atoms with Crippen molar-refractivity contribution in [2.45, 2.75) is 37.4 Å². The highest BCUT2D eigenvalue weighted by atomic mass is 19.1. The van der Waals surface area contributed by atoms with Crippen LogP contribution in [-0.2, 0) is 21.7 Å². The van der Waals surface area contributed by atoms with Crippen LogP contribution in [0.3, 0.4) is 0 Å². The smallest absolute Gasteiger partial charge is 0.250 e. The summed E-state index contributed by atoms with van der Waals surface area (Å²) >= 11 is 0. The molecule has 144 valence electrons. The normalized spacial score (nSPS) is 28.2. The van der Waals surface area contributed by atoms with Crippen molar-refractivity contribution in [2.75, 3.05) is 11.9 Å². The first-order chi connectivity index (χ1) is 13.6. The van der Waals surface area contributed by atoms with Crippen LogP contribution < -0.4 is 10.6 Å². The third kappa shape index (κ3) is 2.41. The van der Waals surface area contributed by atoms with E-state index in [1.165, 1.54) is 12.1 Å². The Hall–Kier alpha value is -2.73. The van der Waals surface area contributed by atoms with Gasteiger partial charge in [0.1, 0.15) is 11.4 Å². The van der Waals surface area contributed by atoms with E-state index >= 15 is 0 Å². The van der Waals surface area contributed by atoms with E-state index in [9.17, 15) is 14.0 Å². The number of hydrogen-bond donors (Lipinski definition) is 2. The monoisotopic (exact) mass is 379 g/mol. The molecule has 0 saturated carbocycles. The standard InChI is InChI=1S/C22H22FN3O2/c23-15-9-7-14(8-10-15)13-24-20(27)18-12-16-4-3-11-26(16)22(18)17-5-1-2-6-19(17)25-21(22)28/h1-2,5-10,16,18H,3-4,11-13H2,(H,24,27)(H,25,28)/t16-,18+,22+/m1/s1. The predicted octanol–water partition coefficient (Wildman–Crippen LogP) is 2.77. The molecule has 6 heteroatoms. The van der Waals surface area contributed by atoms with Gasteiger partial charge in [0.25, 0.3) is 0 Å². The molecule has 2 N–H and O–H groups in total. The lowest BCUT2D eigenvalue weighted by Crippen LogP contribution is -2.54. The molecular formula is C22H22FN3O2. The maximum atomic E-state index is 13.3. The molecule has 2 fully saturated rings. The lowest BCUT2D eigenvalue weighted by molar-refractivity contribution is -0.137. The minimum atomic E-state index is -0.926. The van der Waals surface area contributed by atoms with Gasteiger partial charge in [-0.05, 0) is 49.6 Å². The Morgan fingerprint density at radius 1 is 1.21 bits per heavy atom. The summed E-state index contributed by atoms with van der Waals surface area (Å²) in [6.45, 7) is 1.15. The number of para-hydroxylation sites is 1. The minimum absolute atomic E-state index is 0.0972. The van der Waals surface area contributed by atoms with Crippen LogP contribution >= 0.6 is 0 Å². The molecule has 2 aromatic carbocycles. The lowest BCUT2D eigenvalue weighted by Gasteiger charge is -2.36. The maximum absolute atomic E-state index is 13.3. The van der Waals surface area contributed by atoms with Crippen molar-refractivity contribution in [3.63, 3.8) is 0 Å². The Labute approximate surface area is 162 Å². The molecule has 0 unspecified atom stereocenters. The fourth-order valence-corrected chi connectivity index (χ4v) is 5.29. The summed E-state index contributed by atoms with van der Waals surface area (Å²) in [5.41, 5.74) is 1.62. The van der Waals surface area contributed by atoms with E-state index < -0.39 is 11.5 Å². The van der Waals surface area contributed by atoms with Crippen LogP contribution in [-0.4, -0.2) is 29.3 Å². The highest BCUT2D eigenvalue weighted by Gasteiger charge is 2.65. The number of fused-ring (bicyclic) bond motifs is 4. The van der Waals surface area contributed by atoms with Crippen molar-refractivity contribution >= 4 is 17.5 Å². The van der Waals surface area contributed by atoms with E-state index in [2.05, 4.69) is 15.5 Å². The van der Waals surface area contributed by atoms with Crippen molar-refractivity contribution in [3.8, 4) is 0 Å². The summed E-state index contributed by atoms with van der Waals surface area (Å²) in [5, 5.41) is 5.99. The number of anilines is 1. The number of hydrogen-bond acceptors (Lipinski definition) is 3. The number of rotatable bonds is 3. The van der Waals surface area contributed by atoms with E-state index in [-0.39, 0.29) is 23.7 Å². The summed E-state index contributed by atoms with van der Waals surface area (Å²) in [4.78, 5) is 28.7. The van der Waals surface area contributed by atoms with E-state index in [0.717, 1.165) is 36.2 Å². The van der Waals surface area contributed by atoms with Gasteiger partial charge < -0.3 is 10.6 Å². The number of nitrogens with one attached hydrogen (secondary N) is 2. The second-order valence-corrected chi connectivity index (χ2v) is 7.89. The molecule has 5 rings (SSSR count). The summed E-state index contributed by atoms with van der Waals surface area (Å²) in [6.07, 6.45) is 2.74. The number of amides is 2. The average molecular weight is 379 g/mol. The first-order valence-corrected chi connectivity index (χ1v) is 9.80. The van der Waals surface area contributed by atoms with Gasteiger partial charge in [-0.2, -0.15) is 0 Å². The number of halogens is 1. The fourth-order valence-electron chi connectivity index (χ4n) is 5.29. The highest BCUT2D eigenvalue weighted by Crippen LogP contribution is 2.55. The van der Waals surface area contributed by atoms with Gasteiger partial charge in [0.15, 0.2) is 0 Å². The van der Waals surface area contributed by atoms with Crippen molar-refractivity contribution in [1.82, 2.24) is 10.2 Å². The second kappa shape index (κ2) is 6.41. The second-order valence-electron chi connectivity index (χ2n) is 7.89. The molecule has 2 aromatic rings. The molecule has 3 aliphatic rings. The number of benzene rings is 2. The van der Waals surface area contributed by atoms with Gasteiger partial charge in [-0.3, -0.25) is 14.5 Å². The maximum Gasteiger partial charge on any atom is 0.250 e. The molecule has 3 heterocycles. The summed E-state index contributed by atoms with van der Waals surface area (Å²) in [6, 6.07) is 14.0. The minimum Gasteiger partial charge on any atom is -0.352 e. The lowest BCUT2D eigenvalue weighted by atomic mass is 9.78. The quantitative estimate of drug-likeness (QED) is 0.862. The van der Waals surface area contributed by atoms with Gasteiger partial charge in [0.05, 0.1) is 5.92 Å². The number of carbonyl (C=O) groups is 2. The Morgan fingerprint density at radius 3 is 2.82 bits per heavy atom. The van der Waals surface area contributed by atoms with Crippen LogP contribution in [0.5, 0.6) is 0 Å². The Morgan fingerprint density at radius 2 is 2.00 bits per heavy atom. The summed E-state index contributed by atoms with van der Waals surface area (Å²) < 4.78 is 13.1. The molecule has 1 spiro atoms. The van der Waals surface area contributed by atoms with Crippen LogP contribution in [0.4, 0.5) is 10.1 Å². The largest absolute Gasteiger partial charge is 0.352 e. The van der Waals surface area contributed by atoms with E-state index in [0.29, 0.717) is 13.0 Å². The molecule has 3 aliphatic heterocycles. The zero-order valence-corrected chi connectivity index (χ0v) is 15.5. The van der Waals surface area contributed by atoms with Crippen molar-refractivity contribution in [2.24, 2.45) is 5.92 Å². The van der Waals surface area contributed by atoms with Gasteiger partial charge in [-0.25, -0.2) is 4.39 Å². The van der Waals surface area contributed by atoms with Crippen LogP contribution in [0.2, 0.25) is 0 Å². The van der Waals surface area contributed by atoms with Crippen LogP contribution in [0.15, 0.2) is 48.5 Å². The topological polar surface area (TPSA) is 61.4 Å². The van der Waals surface area contributed by atoms with E-state index in [1.54, 1.807) is 12.1 Å². The zero-order valence-electron chi connectivity index (χ0n) is 15.5. The van der Waals surface area contributed by atoms with Gasteiger partial charge >= 0.3 is 0 Å². The first-order valence-electron chi connectivity index (χ1n) is 9.80. The van der Waals surface area contributed by atoms with Gasteiger partial charge in [0.2, 0.25) is 11.8 Å². The SMILES string of the molecule is O=C(NCc1ccc(F)cc1)[C@@H]1C[C@H]2CCCN2[C@]12C(=O)Nc1ccccc12. The zero-order chi connectivity index (χ0) is 19.3. The van der Waals surface area contributed by atoms with E-state index in [1.807, 2.05) is 24.3 Å². The highest BCUT2D eigenvalue weighted by molar-refractivity contribution is 6.09. The molecule has 2 amide bonds. The third-order valence-electron chi connectivity index (χ3n) is 6.47. The molecule has 0 aliphatic carbocycles. The van der Waals surface area contributed by atoms with Crippen molar-refractivity contribution in [1.29, 1.82) is 0 Å². The molecule has 28 heavy (non-hydrogen) atoms. The molecule has 0 radical (unpaired) electrons.